The van der Waals surface area contributed by atoms with E-state index in [0.29, 0.717) is 17.2 Å². The molecule has 0 aliphatic carbocycles. The van der Waals surface area contributed by atoms with Gasteiger partial charge in [-0.05, 0) is 30.9 Å². The van der Waals surface area contributed by atoms with Crippen LogP contribution in [0, 0.1) is 12.8 Å². The molecule has 1 aliphatic heterocycles. The topological polar surface area (TPSA) is 60.4 Å². The Labute approximate surface area is 129 Å². The molecular formula is C16H20NO3S-. The Morgan fingerprint density at radius 2 is 2.05 bits per heavy atom. The molecule has 114 valence electrons. The second-order valence-electron chi connectivity index (χ2n) is 5.78. The van der Waals surface area contributed by atoms with Crippen LogP contribution in [0.15, 0.2) is 24.3 Å². The Kier molecular flexibility index (Phi) is 4.93. The van der Waals surface area contributed by atoms with Crippen LogP contribution in [0.2, 0.25) is 0 Å². The summed E-state index contributed by atoms with van der Waals surface area (Å²) < 4.78 is 0. The van der Waals surface area contributed by atoms with Gasteiger partial charge < -0.3 is 14.8 Å². The normalized spacial score (nSPS) is 21.8. The number of carbonyl (C=O) groups is 2. The molecular weight excluding hydrogens is 286 g/mol. The number of carboxylic acids is 1. The fourth-order valence-corrected chi connectivity index (χ4v) is 4.18. The lowest BCUT2D eigenvalue weighted by molar-refractivity contribution is -0.310. The molecule has 5 heteroatoms. The molecule has 0 N–H and O–H groups in total. The standard InChI is InChI=1S/C16H21NO3S/c1-10(2)8-14-17(13(9-21-14)16(19)20)15(18)12-7-5-4-6-11(12)3/h4-7,10,13-14H,8-9H2,1-3H3,(H,19,20)/p-1/t13-,14+/m1/s1. The lowest BCUT2D eigenvalue weighted by Gasteiger charge is -2.31. The number of benzene rings is 1. The second kappa shape index (κ2) is 6.52. The molecule has 0 spiro atoms. The largest absolute Gasteiger partial charge is 0.548 e. The van der Waals surface area contributed by atoms with Gasteiger partial charge in [0.1, 0.15) is 0 Å². The lowest BCUT2D eigenvalue weighted by atomic mass is 10.0. The first kappa shape index (κ1) is 15.9. The summed E-state index contributed by atoms with van der Waals surface area (Å²) in [5.41, 5.74) is 1.43. The molecule has 1 amide bonds. The minimum atomic E-state index is -1.17. The van der Waals surface area contributed by atoms with Crippen molar-refractivity contribution in [3.05, 3.63) is 35.4 Å². The van der Waals surface area contributed by atoms with Gasteiger partial charge in [0.15, 0.2) is 0 Å². The minimum Gasteiger partial charge on any atom is -0.548 e. The van der Waals surface area contributed by atoms with E-state index in [9.17, 15) is 14.7 Å². The summed E-state index contributed by atoms with van der Waals surface area (Å²) in [5.74, 6) is -0.582. The fourth-order valence-electron chi connectivity index (χ4n) is 2.55. The SMILES string of the molecule is Cc1ccccc1C(=O)N1[C@H](CC(C)C)SC[C@@H]1C(=O)[O-]. The molecule has 1 aromatic carbocycles. The third-order valence-electron chi connectivity index (χ3n) is 3.65. The van der Waals surface area contributed by atoms with Crippen molar-refractivity contribution >= 4 is 23.6 Å². The molecule has 0 saturated carbocycles. The van der Waals surface area contributed by atoms with Gasteiger partial charge >= 0.3 is 0 Å². The molecule has 1 fully saturated rings. The van der Waals surface area contributed by atoms with Crippen LogP contribution in [0.5, 0.6) is 0 Å². The summed E-state index contributed by atoms with van der Waals surface area (Å²) in [6.07, 6.45) is 0.784. The quantitative estimate of drug-likeness (QED) is 0.849. The molecule has 0 bridgehead atoms. The number of rotatable bonds is 4. The molecule has 1 aromatic rings. The van der Waals surface area contributed by atoms with E-state index in [4.69, 9.17) is 0 Å². The van der Waals surface area contributed by atoms with Crippen LogP contribution < -0.4 is 5.11 Å². The van der Waals surface area contributed by atoms with Crippen molar-refractivity contribution in [1.29, 1.82) is 0 Å². The van der Waals surface area contributed by atoms with Gasteiger partial charge in [0.05, 0.1) is 17.4 Å². The zero-order valence-corrected chi connectivity index (χ0v) is 13.4. The third kappa shape index (κ3) is 3.40. The first-order valence-electron chi connectivity index (χ1n) is 7.12. The molecule has 4 nitrogen and oxygen atoms in total. The predicted octanol–water partition coefficient (Wildman–Crippen LogP) is 1.67. The number of carbonyl (C=O) groups excluding carboxylic acids is 2. The highest BCUT2D eigenvalue weighted by molar-refractivity contribution is 8.00. The number of hydrogen-bond acceptors (Lipinski definition) is 4. The first-order valence-corrected chi connectivity index (χ1v) is 8.17. The van der Waals surface area contributed by atoms with Gasteiger partial charge in [0, 0.05) is 11.3 Å². The fraction of sp³-hybridized carbons (Fsp3) is 0.500. The van der Waals surface area contributed by atoms with E-state index in [1.165, 1.54) is 16.7 Å². The van der Waals surface area contributed by atoms with Gasteiger partial charge in [-0.1, -0.05) is 32.0 Å². The van der Waals surface area contributed by atoms with Crippen LogP contribution in [-0.2, 0) is 4.79 Å². The predicted molar refractivity (Wildman–Crippen MR) is 81.8 cm³/mol. The smallest absolute Gasteiger partial charge is 0.255 e. The monoisotopic (exact) mass is 306 g/mol. The Morgan fingerprint density at radius 3 is 2.62 bits per heavy atom. The zero-order valence-electron chi connectivity index (χ0n) is 12.5. The second-order valence-corrected chi connectivity index (χ2v) is 6.99. The summed E-state index contributed by atoms with van der Waals surface area (Å²) in [7, 11) is 0. The Balaban J connectivity index is 2.32. The van der Waals surface area contributed by atoms with Gasteiger partial charge in [-0.2, -0.15) is 0 Å². The average molecular weight is 306 g/mol. The molecule has 1 aliphatic rings. The van der Waals surface area contributed by atoms with Crippen molar-refractivity contribution in [2.45, 2.75) is 38.6 Å². The van der Waals surface area contributed by atoms with Crippen LogP contribution in [0.3, 0.4) is 0 Å². The molecule has 0 unspecified atom stereocenters. The number of thioether (sulfide) groups is 1. The highest BCUT2D eigenvalue weighted by Crippen LogP contribution is 2.34. The first-order chi connectivity index (χ1) is 9.91. The number of aryl methyl sites for hydroxylation is 1. The summed E-state index contributed by atoms with van der Waals surface area (Å²) in [5, 5.41) is 11.2. The maximum Gasteiger partial charge on any atom is 0.255 e. The van der Waals surface area contributed by atoms with Gasteiger partial charge in [0.25, 0.3) is 5.91 Å². The van der Waals surface area contributed by atoms with E-state index in [-0.39, 0.29) is 11.3 Å². The Morgan fingerprint density at radius 1 is 1.38 bits per heavy atom. The van der Waals surface area contributed by atoms with Crippen LogP contribution in [0.1, 0.15) is 36.2 Å². The molecule has 0 radical (unpaired) electrons. The highest BCUT2D eigenvalue weighted by Gasteiger charge is 2.39. The highest BCUT2D eigenvalue weighted by atomic mass is 32.2. The molecule has 2 rings (SSSR count). The van der Waals surface area contributed by atoms with Gasteiger partial charge in [-0.15, -0.1) is 11.8 Å². The van der Waals surface area contributed by atoms with Crippen LogP contribution in [0.4, 0.5) is 0 Å². The van der Waals surface area contributed by atoms with E-state index >= 15 is 0 Å². The van der Waals surface area contributed by atoms with Crippen molar-refractivity contribution in [3.8, 4) is 0 Å². The van der Waals surface area contributed by atoms with Crippen LogP contribution in [0.25, 0.3) is 0 Å². The van der Waals surface area contributed by atoms with Crippen molar-refractivity contribution in [2.75, 3.05) is 5.75 Å². The Bertz CT molecular complexity index is 544. The number of carboxylic acid groups (broad SMARTS) is 1. The van der Waals surface area contributed by atoms with E-state index < -0.39 is 12.0 Å². The Hall–Kier alpha value is -1.49. The molecule has 0 aromatic heterocycles. The number of aliphatic carboxylic acids is 1. The van der Waals surface area contributed by atoms with Crippen molar-refractivity contribution in [1.82, 2.24) is 4.90 Å². The summed E-state index contributed by atoms with van der Waals surface area (Å²) in [6.45, 7) is 6.01. The van der Waals surface area contributed by atoms with Crippen LogP contribution >= 0.6 is 11.8 Å². The maximum atomic E-state index is 12.8. The van der Waals surface area contributed by atoms with E-state index in [2.05, 4.69) is 13.8 Å². The van der Waals surface area contributed by atoms with Gasteiger partial charge in [-0.3, -0.25) is 4.79 Å². The van der Waals surface area contributed by atoms with Gasteiger partial charge in [-0.25, -0.2) is 0 Å². The number of amides is 1. The van der Waals surface area contributed by atoms with Gasteiger partial charge in [0.2, 0.25) is 0 Å². The van der Waals surface area contributed by atoms with E-state index in [0.717, 1.165) is 12.0 Å². The summed E-state index contributed by atoms with van der Waals surface area (Å²) in [6, 6.07) is 6.44. The maximum absolute atomic E-state index is 12.8. The average Bonchev–Trinajstić information content (AvgIpc) is 2.81. The number of nitrogens with zero attached hydrogens (tertiary/aromatic N) is 1. The molecule has 2 atom stereocenters. The van der Waals surface area contributed by atoms with Crippen molar-refractivity contribution < 1.29 is 14.7 Å². The van der Waals surface area contributed by atoms with Crippen molar-refractivity contribution in [2.24, 2.45) is 5.92 Å². The van der Waals surface area contributed by atoms with Crippen molar-refractivity contribution in [3.63, 3.8) is 0 Å². The number of hydrogen-bond donors (Lipinski definition) is 0. The third-order valence-corrected chi connectivity index (χ3v) is 4.96. The molecule has 1 heterocycles. The molecule has 21 heavy (non-hydrogen) atoms. The molecule has 1 saturated heterocycles. The summed E-state index contributed by atoms with van der Waals surface area (Å²) >= 11 is 1.53. The summed E-state index contributed by atoms with van der Waals surface area (Å²) in [4.78, 5) is 25.6. The van der Waals surface area contributed by atoms with E-state index in [1.54, 1.807) is 12.1 Å². The van der Waals surface area contributed by atoms with E-state index in [1.807, 2.05) is 19.1 Å². The minimum absolute atomic E-state index is 0.0972. The zero-order chi connectivity index (χ0) is 15.6. The lowest BCUT2D eigenvalue weighted by Crippen LogP contribution is -2.51. The van der Waals surface area contributed by atoms with Crippen LogP contribution in [-0.4, -0.2) is 33.9 Å².